The Hall–Kier alpha value is -3.12. The van der Waals surface area contributed by atoms with Crippen molar-refractivity contribution in [1.29, 1.82) is 0 Å². The van der Waals surface area contributed by atoms with Gasteiger partial charge >= 0.3 is 0 Å². The maximum Gasteiger partial charge on any atom is 0.264 e. The van der Waals surface area contributed by atoms with Gasteiger partial charge in [0.1, 0.15) is 16.9 Å². The van der Waals surface area contributed by atoms with Crippen molar-refractivity contribution in [1.82, 2.24) is 10.1 Å². The summed E-state index contributed by atoms with van der Waals surface area (Å²) < 4.78 is 16.9. The van der Waals surface area contributed by atoms with E-state index in [1.807, 2.05) is 59.3 Å². The van der Waals surface area contributed by atoms with Crippen LogP contribution in [0.5, 0.6) is 5.75 Å². The fourth-order valence-electron chi connectivity index (χ4n) is 2.76. The number of fused-ring (bicyclic) bond motifs is 3. The molecule has 25 heavy (non-hydrogen) atoms. The standard InChI is InChI=1S/C19H12N2O3S/c1-2-4-16-14(3-1)15-9-13(5-6-17(15)23-16)22-10-18-20-19(21-24-18)12-7-8-25-11-12/h1-9,11H,10H2. The van der Waals surface area contributed by atoms with Crippen LogP contribution in [-0.4, -0.2) is 10.1 Å². The van der Waals surface area contributed by atoms with Crippen molar-refractivity contribution in [3.8, 4) is 17.1 Å². The first-order valence-corrected chi connectivity index (χ1v) is 8.70. The lowest BCUT2D eigenvalue weighted by Gasteiger charge is -2.02. The molecule has 6 heteroatoms. The SMILES string of the molecule is c1ccc2c(c1)oc1ccc(OCc3nc(-c4ccsc4)no3)cc12. The van der Waals surface area contributed by atoms with E-state index < -0.39 is 0 Å². The maximum atomic E-state index is 5.82. The molecule has 2 aromatic carbocycles. The molecular formula is C19H12N2O3S. The quantitative estimate of drug-likeness (QED) is 0.442. The molecule has 0 saturated heterocycles. The predicted molar refractivity (Wildman–Crippen MR) is 95.7 cm³/mol. The lowest BCUT2D eigenvalue weighted by molar-refractivity contribution is 0.243. The van der Waals surface area contributed by atoms with Gasteiger partial charge in [0, 0.05) is 21.7 Å². The molecule has 0 N–H and O–H groups in total. The molecule has 0 fully saturated rings. The van der Waals surface area contributed by atoms with E-state index in [1.54, 1.807) is 11.3 Å². The van der Waals surface area contributed by atoms with Crippen molar-refractivity contribution in [3.63, 3.8) is 0 Å². The lowest BCUT2D eigenvalue weighted by Crippen LogP contribution is -1.95. The van der Waals surface area contributed by atoms with Crippen LogP contribution in [0.2, 0.25) is 0 Å². The zero-order valence-electron chi connectivity index (χ0n) is 13.0. The van der Waals surface area contributed by atoms with E-state index in [2.05, 4.69) is 10.1 Å². The van der Waals surface area contributed by atoms with E-state index in [0.717, 1.165) is 33.3 Å². The van der Waals surface area contributed by atoms with Crippen LogP contribution in [0, 0.1) is 0 Å². The molecule has 0 aliphatic rings. The summed E-state index contributed by atoms with van der Waals surface area (Å²) in [4.78, 5) is 4.36. The Bertz CT molecular complexity index is 1160. The van der Waals surface area contributed by atoms with Crippen LogP contribution in [0.25, 0.3) is 33.3 Å². The molecule has 3 aromatic heterocycles. The largest absolute Gasteiger partial charge is 0.484 e. The number of furan rings is 1. The first-order valence-electron chi connectivity index (χ1n) is 7.76. The van der Waals surface area contributed by atoms with Crippen LogP contribution in [0.4, 0.5) is 0 Å². The Morgan fingerprint density at radius 1 is 1.00 bits per heavy atom. The van der Waals surface area contributed by atoms with E-state index >= 15 is 0 Å². The number of hydrogen-bond donors (Lipinski definition) is 0. The summed E-state index contributed by atoms with van der Waals surface area (Å²) in [6.45, 7) is 0.221. The molecular weight excluding hydrogens is 336 g/mol. The van der Waals surface area contributed by atoms with Gasteiger partial charge in [-0.3, -0.25) is 0 Å². The van der Waals surface area contributed by atoms with Crippen LogP contribution in [0.3, 0.4) is 0 Å². The van der Waals surface area contributed by atoms with Gasteiger partial charge in [0.25, 0.3) is 5.89 Å². The number of thiophene rings is 1. The summed E-state index contributed by atoms with van der Waals surface area (Å²) in [5, 5.41) is 10.0. The molecule has 3 heterocycles. The third-order valence-corrected chi connectivity index (χ3v) is 4.64. The van der Waals surface area contributed by atoms with Crippen LogP contribution < -0.4 is 4.74 Å². The summed E-state index contributed by atoms with van der Waals surface area (Å²) in [7, 11) is 0. The highest BCUT2D eigenvalue weighted by atomic mass is 32.1. The van der Waals surface area contributed by atoms with Crippen molar-refractivity contribution in [2.24, 2.45) is 0 Å². The van der Waals surface area contributed by atoms with Crippen molar-refractivity contribution >= 4 is 33.3 Å². The molecule has 5 nitrogen and oxygen atoms in total. The molecule has 0 radical (unpaired) electrons. The molecule has 0 aliphatic carbocycles. The average molecular weight is 348 g/mol. The minimum absolute atomic E-state index is 0.221. The molecule has 5 rings (SSSR count). The van der Waals surface area contributed by atoms with E-state index in [9.17, 15) is 0 Å². The molecule has 0 saturated carbocycles. The Balaban J connectivity index is 1.40. The van der Waals surface area contributed by atoms with Crippen LogP contribution >= 0.6 is 11.3 Å². The zero-order valence-corrected chi connectivity index (χ0v) is 13.8. The third-order valence-electron chi connectivity index (χ3n) is 3.96. The van der Waals surface area contributed by atoms with Gasteiger partial charge in [-0.2, -0.15) is 16.3 Å². The number of benzene rings is 2. The van der Waals surface area contributed by atoms with E-state index in [-0.39, 0.29) is 6.61 Å². The molecule has 122 valence electrons. The van der Waals surface area contributed by atoms with E-state index in [4.69, 9.17) is 13.7 Å². The first kappa shape index (κ1) is 14.2. The monoisotopic (exact) mass is 348 g/mol. The number of ether oxygens (including phenoxy) is 1. The van der Waals surface area contributed by atoms with E-state index in [0.29, 0.717) is 11.7 Å². The smallest absolute Gasteiger partial charge is 0.264 e. The number of nitrogens with zero attached hydrogens (tertiary/aromatic N) is 2. The average Bonchev–Trinajstić information content (AvgIpc) is 3.38. The van der Waals surface area contributed by atoms with Crippen molar-refractivity contribution in [2.75, 3.05) is 0 Å². The van der Waals surface area contributed by atoms with Crippen molar-refractivity contribution < 1.29 is 13.7 Å². The Morgan fingerprint density at radius 2 is 1.92 bits per heavy atom. The number of aromatic nitrogens is 2. The van der Waals surface area contributed by atoms with Gasteiger partial charge in [-0.1, -0.05) is 23.4 Å². The Morgan fingerprint density at radius 3 is 2.84 bits per heavy atom. The minimum atomic E-state index is 0.221. The fraction of sp³-hybridized carbons (Fsp3) is 0.0526. The van der Waals surface area contributed by atoms with Gasteiger partial charge in [-0.15, -0.1) is 0 Å². The van der Waals surface area contributed by atoms with Gasteiger partial charge in [-0.05, 0) is 35.7 Å². The predicted octanol–water partition coefficient (Wildman–Crippen LogP) is 5.28. The third kappa shape index (κ3) is 2.56. The highest BCUT2D eigenvalue weighted by Gasteiger charge is 2.11. The van der Waals surface area contributed by atoms with Gasteiger partial charge in [-0.25, -0.2) is 0 Å². The van der Waals surface area contributed by atoms with Crippen LogP contribution in [0.15, 0.2) is 68.2 Å². The molecule has 0 unspecified atom stereocenters. The summed E-state index contributed by atoms with van der Waals surface area (Å²) in [6, 6.07) is 15.7. The Labute approximate surface area is 146 Å². The lowest BCUT2D eigenvalue weighted by atomic mass is 10.1. The topological polar surface area (TPSA) is 61.3 Å². The summed E-state index contributed by atoms with van der Waals surface area (Å²) in [5.41, 5.74) is 2.66. The highest BCUT2D eigenvalue weighted by molar-refractivity contribution is 7.08. The van der Waals surface area contributed by atoms with Gasteiger partial charge in [0.15, 0.2) is 6.61 Å². The number of para-hydroxylation sites is 1. The zero-order chi connectivity index (χ0) is 16.6. The van der Waals surface area contributed by atoms with Gasteiger partial charge in [0.2, 0.25) is 5.82 Å². The van der Waals surface area contributed by atoms with Gasteiger partial charge in [0.05, 0.1) is 0 Å². The summed E-state index contributed by atoms with van der Waals surface area (Å²) in [6.07, 6.45) is 0. The van der Waals surface area contributed by atoms with Crippen molar-refractivity contribution in [3.05, 3.63) is 65.2 Å². The highest BCUT2D eigenvalue weighted by Crippen LogP contribution is 2.31. The van der Waals surface area contributed by atoms with E-state index in [1.165, 1.54) is 0 Å². The normalized spacial score (nSPS) is 11.4. The molecule has 0 amide bonds. The summed E-state index contributed by atoms with van der Waals surface area (Å²) in [5.74, 6) is 1.75. The maximum absolute atomic E-state index is 5.82. The second kappa shape index (κ2) is 5.75. The Kier molecular flexibility index (Phi) is 3.28. The van der Waals surface area contributed by atoms with Crippen molar-refractivity contribution in [2.45, 2.75) is 6.61 Å². The minimum Gasteiger partial charge on any atom is -0.484 e. The van der Waals surface area contributed by atoms with Gasteiger partial charge < -0.3 is 13.7 Å². The molecule has 0 atom stereocenters. The summed E-state index contributed by atoms with van der Waals surface area (Å²) >= 11 is 1.59. The second-order valence-corrected chi connectivity index (χ2v) is 6.35. The second-order valence-electron chi connectivity index (χ2n) is 5.57. The molecule has 0 aliphatic heterocycles. The molecule has 0 spiro atoms. The van der Waals surface area contributed by atoms with Crippen LogP contribution in [-0.2, 0) is 6.61 Å². The first-order chi connectivity index (χ1) is 12.4. The molecule has 5 aromatic rings. The number of rotatable bonds is 4. The van der Waals surface area contributed by atoms with Crippen LogP contribution in [0.1, 0.15) is 5.89 Å². The number of hydrogen-bond acceptors (Lipinski definition) is 6. The fourth-order valence-corrected chi connectivity index (χ4v) is 3.40. The molecule has 0 bridgehead atoms.